The zero-order valence-electron chi connectivity index (χ0n) is 12.2. The van der Waals surface area contributed by atoms with E-state index in [2.05, 4.69) is 11.4 Å². The van der Waals surface area contributed by atoms with Crippen LogP contribution in [0.25, 0.3) is 0 Å². The van der Waals surface area contributed by atoms with Crippen LogP contribution in [0.2, 0.25) is 5.02 Å². The van der Waals surface area contributed by atoms with E-state index < -0.39 is 5.60 Å². The lowest BCUT2D eigenvalue weighted by molar-refractivity contribution is -0.0572. The lowest BCUT2D eigenvalue weighted by Crippen LogP contribution is -2.45. The SMILES string of the molecule is CNCc1ccc(N(C)CC2(O)CCOCC2)c(Cl)c1. The number of aliphatic hydroxyl groups is 1. The lowest BCUT2D eigenvalue weighted by atomic mass is 9.93. The maximum Gasteiger partial charge on any atom is 0.0865 e. The predicted octanol–water partition coefficient (Wildman–Crippen LogP) is 2.04. The molecule has 4 nitrogen and oxygen atoms in total. The largest absolute Gasteiger partial charge is 0.388 e. The van der Waals surface area contributed by atoms with Crippen LogP contribution in [0.3, 0.4) is 0 Å². The Labute approximate surface area is 125 Å². The van der Waals surface area contributed by atoms with Crippen molar-refractivity contribution in [2.45, 2.75) is 25.0 Å². The van der Waals surface area contributed by atoms with Crippen molar-refractivity contribution in [3.05, 3.63) is 28.8 Å². The predicted molar refractivity (Wildman–Crippen MR) is 82.5 cm³/mol. The lowest BCUT2D eigenvalue weighted by Gasteiger charge is -2.36. The van der Waals surface area contributed by atoms with Gasteiger partial charge in [-0.2, -0.15) is 0 Å². The number of benzene rings is 1. The number of rotatable bonds is 5. The van der Waals surface area contributed by atoms with Gasteiger partial charge in [-0.3, -0.25) is 0 Å². The van der Waals surface area contributed by atoms with E-state index in [1.807, 2.05) is 31.1 Å². The number of hydrogen-bond acceptors (Lipinski definition) is 4. The van der Waals surface area contributed by atoms with E-state index in [-0.39, 0.29) is 0 Å². The first kappa shape index (κ1) is 15.6. The molecule has 0 spiro atoms. The molecular weight excluding hydrogens is 276 g/mol. The van der Waals surface area contributed by atoms with Crippen molar-refractivity contribution < 1.29 is 9.84 Å². The summed E-state index contributed by atoms with van der Waals surface area (Å²) in [4.78, 5) is 2.02. The summed E-state index contributed by atoms with van der Waals surface area (Å²) >= 11 is 6.35. The number of nitrogens with one attached hydrogen (secondary N) is 1. The van der Waals surface area contributed by atoms with Crippen LogP contribution in [0.15, 0.2) is 18.2 Å². The maximum absolute atomic E-state index is 10.6. The molecule has 1 aromatic carbocycles. The van der Waals surface area contributed by atoms with E-state index in [1.54, 1.807) is 0 Å². The van der Waals surface area contributed by atoms with Gasteiger partial charge in [0.25, 0.3) is 0 Å². The van der Waals surface area contributed by atoms with Crippen molar-refractivity contribution in [3.63, 3.8) is 0 Å². The molecule has 0 atom stereocenters. The molecule has 0 saturated carbocycles. The normalized spacial score (nSPS) is 18.0. The molecule has 5 heteroatoms. The van der Waals surface area contributed by atoms with E-state index in [0.717, 1.165) is 22.8 Å². The number of anilines is 1. The fourth-order valence-electron chi connectivity index (χ4n) is 2.61. The molecule has 1 fully saturated rings. The molecule has 0 bridgehead atoms. The molecule has 1 aliphatic rings. The minimum Gasteiger partial charge on any atom is -0.388 e. The van der Waals surface area contributed by atoms with Crippen LogP contribution in [0, 0.1) is 0 Å². The van der Waals surface area contributed by atoms with E-state index in [0.29, 0.717) is 32.6 Å². The van der Waals surface area contributed by atoms with Crippen LogP contribution >= 0.6 is 11.6 Å². The first-order chi connectivity index (χ1) is 9.54. The summed E-state index contributed by atoms with van der Waals surface area (Å²) in [6.45, 7) is 2.62. The number of hydrogen-bond donors (Lipinski definition) is 2. The molecule has 2 N–H and O–H groups in total. The van der Waals surface area contributed by atoms with Gasteiger partial charge in [-0.1, -0.05) is 17.7 Å². The van der Waals surface area contributed by atoms with Crippen LogP contribution in [-0.2, 0) is 11.3 Å². The summed E-state index contributed by atoms with van der Waals surface area (Å²) in [6.07, 6.45) is 1.35. The van der Waals surface area contributed by atoms with Gasteiger partial charge in [0.2, 0.25) is 0 Å². The first-order valence-electron chi connectivity index (χ1n) is 6.98. The summed E-state index contributed by atoms with van der Waals surface area (Å²) in [6, 6.07) is 6.04. The number of likely N-dealkylation sites (N-methyl/N-ethyl adjacent to an activating group) is 1. The molecule has 0 amide bonds. The fraction of sp³-hybridized carbons (Fsp3) is 0.600. The van der Waals surface area contributed by atoms with Gasteiger partial charge < -0.3 is 20.1 Å². The molecule has 1 saturated heterocycles. The van der Waals surface area contributed by atoms with Gasteiger partial charge in [0, 0.05) is 46.2 Å². The number of nitrogens with zero attached hydrogens (tertiary/aromatic N) is 1. The van der Waals surface area contributed by atoms with E-state index in [1.165, 1.54) is 0 Å². The molecule has 0 aliphatic carbocycles. The second kappa shape index (κ2) is 6.76. The topological polar surface area (TPSA) is 44.7 Å². The third kappa shape index (κ3) is 3.85. The van der Waals surface area contributed by atoms with E-state index in [9.17, 15) is 5.11 Å². The van der Waals surface area contributed by atoms with Crippen LogP contribution in [0.5, 0.6) is 0 Å². The highest BCUT2D eigenvalue weighted by Crippen LogP contribution is 2.29. The Kier molecular flexibility index (Phi) is 5.27. The number of ether oxygens (including phenoxy) is 1. The van der Waals surface area contributed by atoms with E-state index in [4.69, 9.17) is 16.3 Å². The van der Waals surface area contributed by atoms with Crippen molar-refractivity contribution in [3.8, 4) is 0 Å². The maximum atomic E-state index is 10.6. The Hall–Kier alpha value is -0.810. The summed E-state index contributed by atoms with van der Waals surface area (Å²) in [5.74, 6) is 0. The van der Waals surface area contributed by atoms with Gasteiger partial charge in [0.15, 0.2) is 0 Å². The zero-order valence-corrected chi connectivity index (χ0v) is 12.9. The molecule has 1 aliphatic heterocycles. The Bertz CT molecular complexity index is 447. The molecular formula is C15H23ClN2O2. The fourth-order valence-corrected chi connectivity index (χ4v) is 2.96. The minimum absolute atomic E-state index is 0.571. The highest BCUT2D eigenvalue weighted by Gasteiger charge is 2.31. The molecule has 0 aromatic heterocycles. The van der Waals surface area contributed by atoms with Gasteiger partial charge in [0.1, 0.15) is 0 Å². The molecule has 0 unspecified atom stereocenters. The molecule has 2 rings (SSSR count). The molecule has 20 heavy (non-hydrogen) atoms. The van der Waals surface area contributed by atoms with Crippen molar-refractivity contribution in [1.82, 2.24) is 5.32 Å². The van der Waals surface area contributed by atoms with Gasteiger partial charge in [0.05, 0.1) is 16.3 Å². The Morgan fingerprint density at radius 1 is 1.40 bits per heavy atom. The smallest absolute Gasteiger partial charge is 0.0865 e. The van der Waals surface area contributed by atoms with Crippen LogP contribution in [0.1, 0.15) is 18.4 Å². The highest BCUT2D eigenvalue weighted by molar-refractivity contribution is 6.33. The van der Waals surface area contributed by atoms with Gasteiger partial charge >= 0.3 is 0 Å². The third-order valence-corrected chi connectivity index (χ3v) is 4.06. The van der Waals surface area contributed by atoms with Crippen molar-refractivity contribution in [2.24, 2.45) is 0 Å². The summed E-state index contributed by atoms with van der Waals surface area (Å²) < 4.78 is 5.31. The zero-order chi connectivity index (χ0) is 14.6. The summed E-state index contributed by atoms with van der Waals surface area (Å²) in [5, 5.41) is 14.4. The number of halogens is 1. The van der Waals surface area contributed by atoms with Crippen molar-refractivity contribution >= 4 is 17.3 Å². The Morgan fingerprint density at radius 3 is 2.70 bits per heavy atom. The average Bonchev–Trinajstić information content (AvgIpc) is 2.39. The van der Waals surface area contributed by atoms with Crippen LogP contribution in [0.4, 0.5) is 5.69 Å². The van der Waals surface area contributed by atoms with Crippen molar-refractivity contribution in [1.29, 1.82) is 0 Å². The summed E-state index contributed by atoms with van der Waals surface area (Å²) in [7, 11) is 3.88. The monoisotopic (exact) mass is 298 g/mol. The molecule has 112 valence electrons. The summed E-state index contributed by atoms with van der Waals surface area (Å²) in [5.41, 5.74) is 1.42. The average molecular weight is 299 g/mol. The Balaban J connectivity index is 2.06. The molecule has 1 heterocycles. The molecule has 0 radical (unpaired) electrons. The third-order valence-electron chi connectivity index (χ3n) is 3.76. The van der Waals surface area contributed by atoms with Gasteiger partial charge in [-0.05, 0) is 24.7 Å². The second-order valence-corrected chi connectivity index (χ2v) is 5.92. The van der Waals surface area contributed by atoms with Crippen LogP contribution in [-0.4, -0.2) is 44.6 Å². The van der Waals surface area contributed by atoms with Crippen molar-refractivity contribution in [2.75, 3.05) is 38.8 Å². The second-order valence-electron chi connectivity index (χ2n) is 5.51. The highest BCUT2D eigenvalue weighted by atomic mass is 35.5. The quantitative estimate of drug-likeness (QED) is 0.873. The first-order valence-corrected chi connectivity index (χ1v) is 7.36. The van der Waals surface area contributed by atoms with Gasteiger partial charge in [-0.25, -0.2) is 0 Å². The minimum atomic E-state index is -0.681. The van der Waals surface area contributed by atoms with E-state index >= 15 is 0 Å². The van der Waals surface area contributed by atoms with Crippen LogP contribution < -0.4 is 10.2 Å². The molecule has 1 aromatic rings. The standard InChI is InChI=1S/C15H23ClN2O2/c1-17-10-12-3-4-14(13(16)9-12)18(2)11-15(19)5-7-20-8-6-15/h3-4,9,17,19H,5-8,10-11H2,1-2H3. The van der Waals surface area contributed by atoms with Gasteiger partial charge in [-0.15, -0.1) is 0 Å². The Morgan fingerprint density at radius 2 is 2.10 bits per heavy atom.